The van der Waals surface area contributed by atoms with Crippen molar-refractivity contribution in [3.8, 4) is 0 Å². The minimum absolute atomic E-state index is 0.113. The number of rotatable bonds is 7. The number of carbonyl (C=O) groups is 2. The van der Waals surface area contributed by atoms with Gasteiger partial charge in [0.2, 0.25) is 5.91 Å². The zero-order valence-corrected chi connectivity index (χ0v) is 19.3. The molecular formula is C26H26ClFN4O2. The fourth-order valence-electron chi connectivity index (χ4n) is 3.95. The normalized spacial score (nSPS) is 14.4. The second-order valence-corrected chi connectivity index (χ2v) is 8.52. The highest BCUT2D eigenvalue weighted by Gasteiger charge is 2.25. The maximum absolute atomic E-state index is 14.2. The molecule has 6 nitrogen and oxygen atoms in total. The van der Waals surface area contributed by atoms with Gasteiger partial charge in [0.1, 0.15) is 11.9 Å². The first-order valence-corrected chi connectivity index (χ1v) is 11.5. The Balaban J connectivity index is 1.59. The predicted molar refractivity (Wildman–Crippen MR) is 133 cm³/mol. The Hall–Kier alpha value is -3.42. The minimum atomic E-state index is -0.927. The van der Waals surface area contributed by atoms with E-state index >= 15 is 0 Å². The van der Waals surface area contributed by atoms with Crippen molar-refractivity contribution >= 4 is 34.8 Å². The Morgan fingerprint density at radius 2 is 1.71 bits per heavy atom. The summed E-state index contributed by atoms with van der Waals surface area (Å²) in [6, 6.07) is 19.5. The molecule has 1 heterocycles. The number of amides is 2. The summed E-state index contributed by atoms with van der Waals surface area (Å²) in [7, 11) is 0. The number of halogens is 2. The highest BCUT2D eigenvalue weighted by Crippen LogP contribution is 2.30. The van der Waals surface area contributed by atoms with E-state index in [1.54, 1.807) is 18.2 Å². The van der Waals surface area contributed by atoms with Crippen molar-refractivity contribution in [2.45, 2.75) is 12.5 Å². The molecule has 0 aliphatic carbocycles. The summed E-state index contributed by atoms with van der Waals surface area (Å²) in [5, 5.41) is 9.46. The van der Waals surface area contributed by atoms with Crippen LogP contribution in [0.2, 0.25) is 5.02 Å². The topological polar surface area (TPSA) is 73.5 Å². The summed E-state index contributed by atoms with van der Waals surface area (Å²) in [5.74, 6) is -1.70. The highest BCUT2D eigenvalue weighted by molar-refractivity contribution is 6.31. The molecule has 0 aromatic heterocycles. The largest absolute Gasteiger partial charge is 0.367 e. The fraction of sp³-hybridized carbons (Fsp3) is 0.231. The highest BCUT2D eigenvalue weighted by atomic mass is 35.5. The molecule has 1 saturated heterocycles. The van der Waals surface area contributed by atoms with Gasteiger partial charge in [0, 0.05) is 37.6 Å². The van der Waals surface area contributed by atoms with Crippen molar-refractivity contribution in [3.05, 3.63) is 94.8 Å². The van der Waals surface area contributed by atoms with Gasteiger partial charge in [-0.05, 0) is 35.9 Å². The summed E-state index contributed by atoms with van der Waals surface area (Å²) in [6.07, 6.45) is 0.246. The van der Waals surface area contributed by atoms with Crippen LogP contribution >= 0.6 is 11.6 Å². The van der Waals surface area contributed by atoms with Crippen molar-refractivity contribution < 1.29 is 14.0 Å². The van der Waals surface area contributed by atoms with E-state index in [2.05, 4.69) is 20.9 Å². The number of carbonyl (C=O) groups excluding carboxylic acids is 2. The molecule has 1 fully saturated rings. The quantitative estimate of drug-likeness (QED) is 0.480. The van der Waals surface area contributed by atoms with Gasteiger partial charge in [0.05, 0.1) is 16.9 Å². The maximum atomic E-state index is 14.2. The second kappa shape index (κ2) is 11.1. The smallest absolute Gasteiger partial charge is 0.254 e. The molecule has 1 aliphatic heterocycles. The van der Waals surface area contributed by atoms with Crippen molar-refractivity contribution in [2.24, 2.45) is 0 Å². The molecule has 0 spiro atoms. The molecule has 0 radical (unpaired) electrons. The zero-order valence-electron chi connectivity index (χ0n) is 18.6. The molecule has 2 amide bonds. The first-order valence-electron chi connectivity index (χ1n) is 11.2. The average Bonchev–Trinajstić information content (AvgIpc) is 2.85. The second-order valence-electron chi connectivity index (χ2n) is 8.08. The van der Waals surface area contributed by atoms with Crippen LogP contribution in [0.3, 0.4) is 0 Å². The summed E-state index contributed by atoms with van der Waals surface area (Å²) in [6.45, 7) is 3.26. The summed E-state index contributed by atoms with van der Waals surface area (Å²) < 4.78 is 14.2. The van der Waals surface area contributed by atoms with E-state index in [0.29, 0.717) is 10.7 Å². The van der Waals surface area contributed by atoms with Gasteiger partial charge in [-0.1, -0.05) is 54.1 Å². The molecule has 1 aliphatic rings. The first kappa shape index (κ1) is 23.7. The molecule has 0 saturated carbocycles. The molecule has 3 N–H and O–H groups in total. The molecule has 0 bridgehead atoms. The van der Waals surface area contributed by atoms with Crippen molar-refractivity contribution in [2.75, 3.05) is 36.4 Å². The van der Waals surface area contributed by atoms with Crippen LogP contribution in [0.25, 0.3) is 0 Å². The van der Waals surface area contributed by atoms with Crippen LogP contribution < -0.4 is 20.9 Å². The molecule has 3 aromatic rings. The molecule has 8 heteroatoms. The molecular weight excluding hydrogens is 455 g/mol. The van der Waals surface area contributed by atoms with Gasteiger partial charge in [0.25, 0.3) is 5.91 Å². The molecule has 0 unspecified atom stereocenters. The van der Waals surface area contributed by atoms with Gasteiger partial charge in [-0.3, -0.25) is 9.59 Å². The van der Waals surface area contributed by atoms with Gasteiger partial charge < -0.3 is 20.9 Å². The number of hydrogen-bond acceptors (Lipinski definition) is 4. The third-order valence-corrected chi connectivity index (χ3v) is 5.93. The minimum Gasteiger partial charge on any atom is -0.367 e. The Morgan fingerprint density at radius 1 is 1.00 bits per heavy atom. The van der Waals surface area contributed by atoms with Crippen LogP contribution in [0.4, 0.5) is 15.8 Å². The standard InChI is InChI=1S/C26H26ClFN4O2/c27-19-10-11-24(32-14-12-29-13-15-32)22(17-19)30-26(34)23(16-18-6-2-1-3-7-18)31-25(33)20-8-4-5-9-21(20)28/h1-11,17,23,29H,12-16H2,(H,30,34)(H,31,33)/t23-/m0/s1. The molecule has 1 atom stereocenters. The van der Waals surface area contributed by atoms with E-state index in [0.717, 1.165) is 37.4 Å². The summed E-state index contributed by atoms with van der Waals surface area (Å²) in [4.78, 5) is 28.4. The van der Waals surface area contributed by atoms with Crippen LogP contribution in [0.15, 0.2) is 72.8 Å². The average molecular weight is 481 g/mol. The van der Waals surface area contributed by atoms with Crippen LogP contribution in [0.1, 0.15) is 15.9 Å². The van der Waals surface area contributed by atoms with Gasteiger partial charge in [-0.2, -0.15) is 0 Å². The summed E-state index contributed by atoms with van der Waals surface area (Å²) in [5.41, 5.74) is 2.18. The maximum Gasteiger partial charge on any atom is 0.254 e. The zero-order chi connectivity index (χ0) is 23.9. The summed E-state index contributed by atoms with van der Waals surface area (Å²) >= 11 is 6.24. The Bertz CT molecular complexity index is 1150. The van der Waals surface area contributed by atoms with Crippen LogP contribution in [-0.4, -0.2) is 44.0 Å². The predicted octanol–water partition coefficient (Wildman–Crippen LogP) is 3.87. The third kappa shape index (κ3) is 5.92. The number of benzene rings is 3. The van der Waals surface area contributed by atoms with Crippen LogP contribution in [-0.2, 0) is 11.2 Å². The van der Waals surface area contributed by atoms with E-state index in [9.17, 15) is 14.0 Å². The molecule has 3 aromatic carbocycles. The number of hydrogen-bond donors (Lipinski definition) is 3. The number of nitrogens with zero attached hydrogens (tertiary/aromatic N) is 1. The third-order valence-electron chi connectivity index (χ3n) is 5.70. The number of anilines is 2. The molecule has 4 rings (SSSR count). The van der Waals surface area contributed by atoms with E-state index in [1.165, 1.54) is 18.2 Å². The van der Waals surface area contributed by atoms with Gasteiger partial charge in [-0.25, -0.2) is 4.39 Å². The van der Waals surface area contributed by atoms with Gasteiger partial charge >= 0.3 is 0 Å². The van der Waals surface area contributed by atoms with Crippen LogP contribution in [0, 0.1) is 5.82 Å². The van der Waals surface area contributed by atoms with Gasteiger partial charge in [-0.15, -0.1) is 0 Å². The van der Waals surface area contributed by atoms with E-state index in [1.807, 2.05) is 36.4 Å². The lowest BCUT2D eigenvalue weighted by molar-refractivity contribution is -0.118. The number of piperazine rings is 1. The lowest BCUT2D eigenvalue weighted by Gasteiger charge is -2.31. The SMILES string of the molecule is O=C(N[C@@H](Cc1ccccc1)C(=O)Nc1cc(Cl)ccc1N1CCNCC1)c1ccccc1F. The van der Waals surface area contributed by atoms with E-state index in [4.69, 9.17) is 11.6 Å². The first-order chi connectivity index (χ1) is 16.5. The Kier molecular flexibility index (Phi) is 7.77. The van der Waals surface area contributed by atoms with Crippen LogP contribution in [0.5, 0.6) is 0 Å². The Labute approximate surface area is 203 Å². The number of nitrogens with one attached hydrogen (secondary N) is 3. The van der Waals surface area contributed by atoms with Crippen molar-refractivity contribution in [1.82, 2.24) is 10.6 Å². The van der Waals surface area contributed by atoms with Gasteiger partial charge in [0.15, 0.2) is 0 Å². The van der Waals surface area contributed by atoms with Crippen molar-refractivity contribution in [3.63, 3.8) is 0 Å². The lowest BCUT2D eigenvalue weighted by Crippen LogP contribution is -2.46. The fourth-order valence-corrected chi connectivity index (χ4v) is 4.12. The monoisotopic (exact) mass is 480 g/mol. The lowest BCUT2D eigenvalue weighted by atomic mass is 10.0. The van der Waals surface area contributed by atoms with E-state index < -0.39 is 23.7 Å². The Morgan fingerprint density at radius 3 is 2.44 bits per heavy atom. The molecule has 34 heavy (non-hydrogen) atoms. The van der Waals surface area contributed by atoms with E-state index in [-0.39, 0.29) is 12.0 Å². The molecule has 176 valence electrons. The van der Waals surface area contributed by atoms with Crippen molar-refractivity contribution in [1.29, 1.82) is 0 Å².